The lowest BCUT2D eigenvalue weighted by Gasteiger charge is -2.10. The zero-order valence-electron chi connectivity index (χ0n) is 11.3. The molecule has 0 unspecified atom stereocenters. The Bertz CT molecular complexity index is 980. The van der Waals surface area contributed by atoms with Gasteiger partial charge < -0.3 is 9.73 Å². The van der Waals surface area contributed by atoms with E-state index in [1.54, 1.807) is 16.5 Å². The average Bonchev–Trinajstić information content (AvgIpc) is 3.17. The van der Waals surface area contributed by atoms with Crippen molar-refractivity contribution in [2.75, 3.05) is 5.32 Å². The normalized spacial score (nSPS) is 11.3. The maximum Gasteiger partial charge on any atom is 0.210 e. The van der Waals surface area contributed by atoms with Crippen LogP contribution < -0.4 is 10.8 Å². The number of nitrogens with one attached hydrogen (secondary N) is 1. The van der Waals surface area contributed by atoms with E-state index in [4.69, 9.17) is 12.3 Å². The highest BCUT2D eigenvalue weighted by atomic mass is 19.1. The van der Waals surface area contributed by atoms with Crippen molar-refractivity contribution in [3.8, 4) is 0 Å². The number of aromatic nitrogens is 4. The van der Waals surface area contributed by atoms with Gasteiger partial charge in [-0.2, -0.15) is 0 Å². The minimum Gasteiger partial charge on any atom is -0.464 e. The molecule has 0 aliphatic carbocycles. The molecule has 4 rings (SSSR count). The summed E-state index contributed by atoms with van der Waals surface area (Å²) < 4.78 is 21.0. The molecule has 0 aliphatic rings. The molecule has 6 nitrogen and oxygen atoms in total. The summed E-state index contributed by atoms with van der Waals surface area (Å²) in [7, 11) is 5.78. The lowest BCUT2D eigenvalue weighted by molar-refractivity contribution is 0.603. The second-order valence-electron chi connectivity index (χ2n) is 4.77. The number of hydrogen-bond acceptors (Lipinski definition) is 5. The van der Waals surface area contributed by atoms with Gasteiger partial charge in [0.25, 0.3) is 0 Å². The quantitative estimate of drug-likeness (QED) is 0.578. The molecule has 0 fully saturated rings. The predicted molar refractivity (Wildman–Crippen MR) is 79.7 cm³/mol. The van der Waals surface area contributed by atoms with Crippen LogP contribution in [0.2, 0.25) is 0 Å². The summed E-state index contributed by atoms with van der Waals surface area (Å²) in [5.41, 5.74) is 2.06. The molecule has 3 heterocycles. The molecule has 22 heavy (non-hydrogen) atoms. The zero-order chi connectivity index (χ0) is 15.1. The first-order valence-electron chi connectivity index (χ1n) is 6.56. The average molecular weight is 293 g/mol. The van der Waals surface area contributed by atoms with E-state index in [-0.39, 0.29) is 12.4 Å². The largest absolute Gasteiger partial charge is 0.464 e. The highest BCUT2D eigenvalue weighted by molar-refractivity contribution is 6.36. The molecule has 4 aromatic rings. The number of hydrogen-bond donors (Lipinski definition) is 1. The van der Waals surface area contributed by atoms with Crippen molar-refractivity contribution in [1.29, 1.82) is 0 Å². The first-order valence-corrected chi connectivity index (χ1v) is 6.56. The summed E-state index contributed by atoms with van der Waals surface area (Å²) in [4.78, 5) is 4.19. The fraction of sp³-hybridized carbons (Fsp3) is 0.0714. The van der Waals surface area contributed by atoms with Crippen molar-refractivity contribution in [3.05, 3.63) is 48.4 Å². The van der Waals surface area contributed by atoms with Gasteiger partial charge in [0, 0.05) is 23.7 Å². The van der Waals surface area contributed by atoms with Gasteiger partial charge in [-0.25, -0.2) is 9.37 Å². The summed E-state index contributed by atoms with van der Waals surface area (Å²) in [6.45, 7) is 0.243. The van der Waals surface area contributed by atoms with Crippen LogP contribution >= 0.6 is 0 Å². The second kappa shape index (κ2) is 4.83. The molecule has 0 saturated carbocycles. The van der Waals surface area contributed by atoms with Crippen molar-refractivity contribution < 1.29 is 8.81 Å². The van der Waals surface area contributed by atoms with Gasteiger partial charge in [-0.15, -0.1) is 10.2 Å². The van der Waals surface area contributed by atoms with Gasteiger partial charge in [0.2, 0.25) is 5.95 Å². The monoisotopic (exact) mass is 293 g/mol. The van der Waals surface area contributed by atoms with Crippen LogP contribution in [-0.2, 0) is 6.54 Å². The number of fused-ring (bicyclic) bond motifs is 2. The fourth-order valence-corrected chi connectivity index (χ4v) is 2.39. The third kappa shape index (κ3) is 1.92. The molecule has 1 N–H and O–H groups in total. The Morgan fingerprint density at radius 3 is 3.14 bits per heavy atom. The molecule has 0 bridgehead atoms. The second-order valence-corrected chi connectivity index (χ2v) is 4.77. The Morgan fingerprint density at radius 2 is 2.23 bits per heavy atom. The van der Waals surface area contributed by atoms with Crippen molar-refractivity contribution in [1.82, 2.24) is 19.6 Å². The summed E-state index contributed by atoms with van der Waals surface area (Å²) in [5, 5.41) is 11.5. The zero-order valence-corrected chi connectivity index (χ0v) is 11.3. The fourth-order valence-electron chi connectivity index (χ4n) is 2.39. The highest BCUT2D eigenvalue weighted by Crippen LogP contribution is 2.23. The minimum atomic E-state index is -0.308. The molecule has 0 atom stereocenters. The van der Waals surface area contributed by atoms with Gasteiger partial charge in [0.1, 0.15) is 25.6 Å². The molecule has 2 radical (unpaired) electrons. The minimum absolute atomic E-state index is 0.243. The van der Waals surface area contributed by atoms with Crippen molar-refractivity contribution in [2.24, 2.45) is 0 Å². The lowest BCUT2D eigenvalue weighted by Crippen LogP contribution is -2.14. The maximum atomic E-state index is 14.1. The van der Waals surface area contributed by atoms with E-state index >= 15 is 0 Å². The Morgan fingerprint density at radius 1 is 1.32 bits per heavy atom. The molecule has 8 heteroatoms. The number of halogens is 1. The van der Waals surface area contributed by atoms with Crippen LogP contribution in [-0.4, -0.2) is 27.4 Å². The van der Waals surface area contributed by atoms with E-state index in [0.717, 1.165) is 5.39 Å². The number of rotatable bonds is 3. The Labute approximate surface area is 125 Å². The van der Waals surface area contributed by atoms with Crippen molar-refractivity contribution >= 4 is 35.9 Å². The summed E-state index contributed by atoms with van der Waals surface area (Å²) in [5.74, 6) is 0.172. The number of anilines is 1. The molecular formula is C14H9BFN5O. The Hall–Kier alpha value is -2.90. The molecule has 0 aliphatic heterocycles. The topological polar surface area (TPSA) is 68.2 Å². The molecule has 0 amide bonds. The standard InChI is InChI=1S/C14H9BFN5O/c15-10-6-18-14(21-7-19-20-13(10)21)17-5-9-8-3-4-22-12(8)2-1-11(9)16/h1-4,6-7H,5H2,(H,17,18). The first kappa shape index (κ1) is 12.8. The van der Waals surface area contributed by atoms with Gasteiger partial charge in [-0.1, -0.05) is 0 Å². The molecule has 0 spiro atoms. The molecular weight excluding hydrogens is 284 g/mol. The Balaban J connectivity index is 1.72. The molecule has 3 aromatic heterocycles. The molecule has 0 saturated heterocycles. The van der Waals surface area contributed by atoms with Gasteiger partial charge in [0.05, 0.1) is 6.26 Å². The van der Waals surface area contributed by atoms with Crippen molar-refractivity contribution in [3.63, 3.8) is 0 Å². The van der Waals surface area contributed by atoms with E-state index in [9.17, 15) is 4.39 Å². The van der Waals surface area contributed by atoms with Crippen LogP contribution in [0.5, 0.6) is 0 Å². The van der Waals surface area contributed by atoms with Crippen LogP contribution in [0.4, 0.5) is 10.3 Å². The summed E-state index contributed by atoms with van der Waals surface area (Å²) in [6, 6.07) is 4.72. The lowest BCUT2D eigenvalue weighted by atomic mass is 10.00. The van der Waals surface area contributed by atoms with Crippen LogP contribution in [0, 0.1) is 5.82 Å². The smallest absolute Gasteiger partial charge is 0.210 e. The van der Waals surface area contributed by atoms with Crippen LogP contribution in [0.15, 0.2) is 41.4 Å². The third-order valence-corrected chi connectivity index (χ3v) is 3.47. The highest BCUT2D eigenvalue weighted by Gasteiger charge is 2.11. The van der Waals surface area contributed by atoms with Gasteiger partial charge in [-0.3, -0.25) is 4.40 Å². The van der Waals surface area contributed by atoms with Crippen LogP contribution in [0.25, 0.3) is 16.6 Å². The van der Waals surface area contributed by atoms with Gasteiger partial charge in [0.15, 0.2) is 5.65 Å². The predicted octanol–water partition coefficient (Wildman–Crippen LogP) is 1.42. The van der Waals surface area contributed by atoms with E-state index in [1.165, 1.54) is 24.9 Å². The molecule has 1 aromatic carbocycles. The molecule has 106 valence electrons. The number of furan rings is 1. The van der Waals surface area contributed by atoms with Crippen LogP contribution in [0.1, 0.15) is 5.56 Å². The summed E-state index contributed by atoms with van der Waals surface area (Å²) >= 11 is 0. The van der Waals surface area contributed by atoms with E-state index < -0.39 is 0 Å². The SMILES string of the molecule is [B]c1cnc(NCc2c(F)ccc3occc23)n2cnnc12. The first-order chi connectivity index (χ1) is 10.7. The van der Waals surface area contributed by atoms with Crippen molar-refractivity contribution in [2.45, 2.75) is 6.54 Å². The summed E-state index contributed by atoms with van der Waals surface area (Å²) in [6.07, 6.45) is 4.52. The van der Waals surface area contributed by atoms with E-state index in [0.29, 0.717) is 28.2 Å². The number of benzene rings is 1. The van der Waals surface area contributed by atoms with Gasteiger partial charge >= 0.3 is 0 Å². The maximum absolute atomic E-state index is 14.1. The van der Waals surface area contributed by atoms with Crippen LogP contribution in [0.3, 0.4) is 0 Å². The van der Waals surface area contributed by atoms with E-state index in [1.807, 2.05) is 0 Å². The van der Waals surface area contributed by atoms with Gasteiger partial charge in [-0.05, 0) is 23.7 Å². The third-order valence-electron chi connectivity index (χ3n) is 3.47. The Kier molecular flexibility index (Phi) is 2.82. The van der Waals surface area contributed by atoms with E-state index in [2.05, 4.69) is 20.5 Å². The number of nitrogens with zero attached hydrogens (tertiary/aromatic N) is 4.